The molecule has 0 saturated carbocycles. The molecule has 3 aromatic rings. The quantitative estimate of drug-likeness (QED) is 0.381. The van der Waals surface area contributed by atoms with Crippen LogP contribution in [0.2, 0.25) is 0 Å². The molecular weight excluding hydrogens is 310 g/mol. The molecule has 0 radical (unpaired) electrons. The predicted molar refractivity (Wildman–Crippen MR) is 104 cm³/mol. The number of unbranched alkanes of at least 4 members (excludes halogenated alkanes) is 4. The van der Waals surface area contributed by atoms with E-state index in [9.17, 15) is 4.79 Å². The molecule has 0 amide bonds. The van der Waals surface area contributed by atoms with E-state index in [-0.39, 0.29) is 0 Å². The summed E-state index contributed by atoms with van der Waals surface area (Å²) in [6.07, 6.45) is 7.15. The van der Waals surface area contributed by atoms with Crippen molar-refractivity contribution in [3.8, 4) is 0 Å². The minimum atomic E-state index is -0.869. The molecule has 2 N–H and O–H groups in total. The summed E-state index contributed by atoms with van der Waals surface area (Å²) in [7, 11) is 0. The van der Waals surface area contributed by atoms with E-state index in [2.05, 4.69) is 54.0 Å². The Morgan fingerprint density at radius 2 is 1.64 bits per heavy atom. The van der Waals surface area contributed by atoms with Crippen molar-refractivity contribution in [3.05, 3.63) is 60.2 Å². The van der Waals surface area contributed by atoms with Gasteiger partial charge in [-0.3, -0.25) is 0 Å². The van der Waals surface area contributed by atoms with Crippen LogP contribution in [0.3, 0.4) is 0 Å². The van der Waals surface area contributed by atoms with Gasteiger partial charge in [-0.15, -0.1) is 0 Å². The van der Waals surface area contributed by atoms with Crippen LogP contribution in [0.1, 0.15) is 44.1 Å². The third-order valence-electron chi connectivity index (χ3n) is 4.85. The van der Waals surface area contributed by atoms with E-state index < -0.39 is 5.97 Å². The van der Waals surface area contributed by atoms with Gasteiger partial charge in [0.2, 0.25) is 0 Å². The molecule has 0 saturated heterocycles. The van der Waals surface area contributed by atoms with Gasteiger partial charge in [0.15, 0.2) is 0 Å². The van der Waals surface area contributed by atoms with Crippen LogP contribution >= 0.6 is 0 Å². The fourth-order valence-corrected chi connectivity index (χ4v) is 3.43. The maximum Gasteiger partial charge on any atom is 0.330 e. The highest BCUT2D eigenvalue weighted by atomic mass is 16.4. The molecule has 3 heteroatoms. The molecule has 1 heterocycles. The Hall–Kier alpha value is -2.55. The number of aliphatic carboxylic acids is 1. The molecular formula is C22H25NO2. The van der Waals surface area contributed by atoms with Gasteiger partial charge in [-0.25, -0.2) is 4.79 Å². The number of carboxylic acids is 1. The number of aryl methyl sites for hydroxylation is 1. The highest BCUT2D eigenvalue weighted by Crippen LogP contribution is 2.28. The highest BCUT2D eigenvalue weighted by molar-refractivity contribution is 6.08. The second kappa shape index (κ2) is 8.02. The van der Waals surface area contributed by atoms with Crippen LogP contribution in [0.15, 0.2) is 54.6 Å². The summed E-state index contributed by atoms with van der Waals surface area (Å²) >= 11 is 0. The minimum absolute atomic E-state index is 0.325. The van der Waals surface area contributed by atoms with E-state index in [1.807, 2.05) is 0 Å². The van der Waals surface area contributed by atoms with Crippen molar-refractivity contribution in [3.63, 3.8) is 0 Å². The van der Waals surface area contributed by atoms with Crippen molar-refractivity contribution in [2.45, 2.75) is 44.9 Å². The number of nitrogens with one attached hydrogen (secondary N) is 1. The van der Waals surface area contributed by atoms with Crippen LogP contribution in [-0.4, -0.2) is 16.1 Å². The lowest BCUT2D eigenvalue weighted by molar-refractivity contribution is -0.132. The van der Waals surface area contributed by atoms with Gasteiger partial charge < -0.3 is 10.1 Å². The lowest BCUT2D eigenvalue weighted by Crippen LogP contribution is -1.98. The number of carbonyl (C=O) groups is 1. The van der Waals surface area contributed by atoms with Crippen LogP contribution in [0.25, 0.3) is 21.8 Å². The number of carboxylic acid groups (broad SMARTS) is 1. The number of fused-ring (bicyclic) bond motifs is 3. The first kappa shape index (κ1) is 17.3. The Morgan fingerprint density at radius 1 is 0.920 bits per heavy atom. The largest absolute Gasteiger partial charge is 0.478 e. The Balaban J connectivity index is 1.51. The molecule has 3 rings (SSSR count). The molecule has 0 aliphatic rings. The van der Waals surface area contributed by atoms with Gasteiger partial charge in [0.1, 0.15) is 0 Å². The number of para-hydroxylation sites is 2. The third kappa shape index (κ3) is 4.11. The Labute approximate surface area is 148 Å². The first-order valence-corrected chi connectivity index (χ1v) is 9.06. The zero-order valence-electron chi connectivity index (χ0n) is 14.6. The number of H-pyrrole nitrogens is 1. The first-order chi connectivity index (χ1) is 12.2. The smallest absolute Gasteiger partial charge is 0.330 e. The summed E-state index contributed by atoms with van der Waals surface area (Å²) in [6.45, 7) is 3.57. The summed E-state index contributed by atoms with van der Waals surface area (Å²) in [5.41, 5.74) is 4.17. The fourth-order valence-electron chi connectivity index (χ4n) is 3.43. The van der Waals surface area contributed by atoms with E-state index in [0.717, 1.165) is 32.1 Å². The maximum atomic E-state index is 10.7. The van der Waals surface area contributed by atoms with Crippen molar-refractivity contribution in [2.75, 3.05) is 0 Å². The molecule has 0 spiro atoms. The third-order valence-corrected chi connectivity index (χ3v) is 4.85. The van der Waals surface area contributed by atoms with Crippen molar-refractivity contribution >= 4 is 27.8 Å². The number of aromatic amines is 1. The van der Waals surface area contributed by atoms with E-state index in [1.54, 1.807) is 0 Å². The van der Waals surface area contributed by atoms with E-state index >= 15 is 0 Å². The number of hydrogen-bond donors (Lipinski definition) is 2. The second-order valence-corrected chi connectivity index (χ2v) is 6.69. The molecule has 0 aliphatic carbocycles. The van der Waals surface area contributed by atoms with Crippen LogP contribution in [-0.2, 0) is 11.2 Å². The van der Waals surface area contributed by atoms with Gasteiger partial charge >= 0.3 is 5.97 Å². The molecule has 25 heavy (non-hydrogen) atoms. The summed E-state index contributed by atoms with van der Waals surface area (Å²) in [5, 5.41) is 11.4. The predicted octanol–water partition coefficient (Wildman–Crippen LogP) is 5.85. The molecule has 0 fully saturated rings. The Morgan fingerprint density at radius 3 is 2.48 bits per heavy atom. The standard InChI is InChI=1S/C22H25NO2/c1-16(22(24)25)10-5-3-2-4-6-11-17-12-9-14-19-18-13-7-8-15-20(18)23-21(17)19/h7-9,12-15,23H,1-6,10-11H2,(H,24,25). The van der Waals surface area contributed by atoms with Crippen molar-refractivity contribution in [2.24, 2.45) is 0 Å². The van der Waals surface area contributed by atoms with E-state index in [0.29, 0.717) is 12.0 Å². The van der Waals surface area contributed by atoms with Crippen LogP contribution in [0.5, 0.6) is 0 Å². The van der Waals surface area contributed by atoms with Gasteiger partial charge in [-0.1, -0.05) is 62.2 Å². The monoisotopic (exact) mass is 335 g/mol. The number of benzene rings is 2. The van der Waals surface area contributed by atoms with Gasteiger partial charge in [0.25, 0.3) is 0 Å². The number of aromatic nitrogens is 1. The summed E-state index contributed by atoms with van der Waals surface area (Å²) in [6, 6.07) is 15.0. The van der Waals surface area contributed by atoms with E-state index in [4.69, 9.17) is 5.11 Å². The SMILES string of the molecule is C=C(CCCCCCCc1cccc2c1[nH]c1ccccc12)C(=O)O. The fraction of sp³-hybridized carbons (Fsp3) is 0.318. The van der Waals surface area contributed by atoms with Crippen LogP contribution in [0, 0.1) is 0 Å². The average Bonchev–Trinajstić information content (AvgIpc) is 3.00. The molecule has 1 aromatic heterocycles. The molecule has 0 unspecified atom stereocenters. The van der Waals surface area contributed by atoms with Crippen LogP contribution in [0.4, 0.5) is 0 Å². The highest BCUT2D eigenvalue weighted by Gasteiger charge is 2.07. The zero-order valence-corrected chi connectivity index (χ0v) is 14.6. The van der Waals surface area contributed by atoms with Crippen molar-refractivity contribution in [1.82, 2.24) is 4.98 Å². The molecule has 0 aliphatic heterocycles. The summed E-state index contributed by atoms with van der Waals surface area (Å²) < 4.78 is 0. The van der Waals surface area contributed by atoms with Gasteiger partial charge in [-0.2, -0.15) is 0 Å². The molecule has 0 bridgehead atoms. The second-order valence-electron chi connectivity index (χ2n) is 6.69. The van der Waals surface area contributed by atoms with E-state index in [1.165, 1.54) is 33.8 Å². The molecule has 0 atom stereocenters. The zero-order chi connectivity index (χ0) is 17.6. The van der Waals surface area contributed by atoms with Crippen molar-refractivity contribution in [1.29, 1.82) is 0 Å². The topological polar surface area (TPSA) is 53.1 Å². The lowest BCUT2D eigenvalue weighted by Gasteiger charge is -2.04. The molecule has 2 aromatic carbocycles. The molecule has 130 valence electrons. The lowest BCUT2D eigenvalue weighted by atomic mass is 10.0. The van der Waals surface area contributed by atoms with Crippen molar-refractivity contribution < 1.29 is 9.90 Å². The number of rotatable bonds is 9. The van der Waals surface area contributed by atoms with Crippen LogP contribution < -0.4 is 0 Å². The number of hydrogen-bond acceptors (Lipinski definition) is 1. The van der Waals surface area contributed by atoms with Gasteiger partial charge in [0, 0.05) is 27.4 Å². The maximum absolute atomic E-state index is 10.7. The molecule has 3 nitrogen and oxygen atoms in total. The summed E-state index contributed by atoms with van der Waals surface area (Å²) in [5.74, 6) is -0.869. The minimum Gasteiger partial charge on any atom is -0.478 e. The normalized spacial score (nSPS) is 11.2. The average molecular weight is 335 g/mol. The van der Waals surface area contributed by atoms with Gasteiger partial charge in [0.05, 0.1) is 0 Å². The first-order valence-electron chi connectivity index (χ1n) is 9.06. The summed E-state index contributed by atoms with van der Waals surface area (Å²) in [4.78, 5) is 14.3. The Bertz CT molecular complexity index is 891. The van der Waals surface area contributed by atoms with Gasteiger partial charge in [-0.05, 0) is 37.3 Å². The Kier molecular flexibility index (Phi) is 5.54.